The van der Waals surface area contributed by atoms with Crippen molar-refractivity contribution >= 4 is 17.5 Å². The van der Waals surface area contributed by atoms with E-state index in [4.69, 9.17) is 16.1 Å². The number of nitrogens with zero attached hydrogens (tertiary/aromatic N) is 3. The van der Waals surface area contributed by atoms with Gasteiger partial charge in [-0.05, 0) is 54.4 Å². The van der Waals surface area contributed by atoms with Crippen LogP contribution in [0.2, 0.25) is 5.02 Å². The number of aromatic nitrogens is 3. The number of hydrogen-bond acceptors (Lipinski definition) is 5. The van der Waals surface area contributed by atoms with Crippen LogP contribution in [0, 0.1) is 6.92 Å². The molecule has 150 valence electrons. The minimum absolute atomic E-state index is 0.158. The van der Waals surface area contributed by atoms with Crippen LogP contribution in [-0.4, -0.2) is 21.0 Å². The van der Waals surface area contributed by atoms with Gasteiger partial charge in [-0.15, -0.1) is 0 Å². The Balaban J connectivity index is 1.37. The number of nitrogens with one attached hydrogen (secondary N) is 1. The maximum atomic E-state index is 12.2. The standard InChI is InChI=1S/C23H19ClN4O2/c1-15-5-8-19(14-25-15)22(29)26-13-16-6-9-18(10-7-16)23-27-21(28-30-23)12-17-3-2-4-20(24)11-17/h2-11,14H,12-13H2,1H3,(H,26,29). The summed E-state index contributed by atoms with van der Waals surface area (Å²) in [6, 6.07) is 18.8. The summed E-state index contributed by atoms with van der Waals surface area (Å²) in [5, 5.41) is 7.61. The van der Waals surface area contributed by atoms with Gasteiger partial charge in [0.2, 0.25) is 0 Å². The summed E-state index contributed by atoms with van der Waals surface area (Å²) in [5.41, 5.74) is 4.21. The largest absolute Gasteiger partial charge is 0.348 e. The van der Waals surface area contributed by atoms with E-state index in [0.29, 0.717) is 35.3 Å². The second-order valence-electron chi connectivity index (χ2n) is 6.89. The quantitative estimate of drug-likeness (QED) is 0.494. The number of benzene rings is 2. The fourth-order valence-corrected chi connectivity index (χ4v) is 3.14. The van der Waals surface area contributed by atoms with Gasteiger partial charge in [0.05, 0.1) is 5.56 Å². The van der Waals surface area contributed by atoms with Gasteiger partial charge in [0.15, 0.2) is 5.82 Å². The summed E-state index contributed by atoms with van der Waals surface area (Å²) in [5.74, 6) is 0.887. The maximum Gasteiger partial charge on any atom is 0.257 e. The summed E-state index contributed by atoms with van der Waals surface area (Å²) < 4.78 is 5.39. The van der Waals surface area contributed by atoms with Gasteiger partial charge in [0.1, 0.15) is 0 Å². The number of amides is 1. The number of halogens is 1. The highest BCUT2D eigenvalue weighted by Gasteiger charge is 2.10. The van der Waals surface area contributed by atoms with E-state index in [1.807, 2.05) is 61.5 Å². The Bertz CT molecular complexity index is 1150. The van der Waals surface area contributed by atoms with Crippen LogP contribution in [0.15, 0.2) is 71.4 Å². The first-order chi connectivity index (χ1) is 14.6. The first-order valence-corrected chi connectivity index (χ1v) is 9.82. The van der Waals surface area contributed by atoms with Crippen LogP contribution in [0.1, 0.15) is 33.0 Å². The van der Waals surface area contributed by atoms with Crippen LogP contribution in [0.5, 0.6) is 0 Å². The van der Waals surface area contributed by atoms with E-state index >= 15 is 0 Å². The second kappa shape index (κ2) is 8.88. The Labute approximate surface area is 178 Å². The van der Waals surface area contributed by atoms with Crippen LogP contribution in [-0.2, 0) is 13.0 Å². The molecule has 6 nitrogen and oxygen atoms in total. The smallest absolute Gasteiger partial charge is 0.257 e. The van der Waals surface area contributed by atoms with Crippen molar-refractivity contribution in [1.82, 2.24) is 20.4 Å². The zero-order chi connectivity index (χ0) is 20.9. The third-order valence-corrected chi connectivity index (χ3v) is 4.78. The van der Waals surface area contributed by atoms with Crippen molar-refractivity contribution in [3.8, 4) is 11.5 Å². The molecular weight excluding hydrogens is 400 g/mol. The third kappa shape index (κ3) is 4.90. The van der Waals surface area contributed by atoms with Gasteiger partial charge < -0.3 is 9.84 Å². The Kier molecular flexibility index (Phi) is 5.86. The molecule has 0 fully saturated rings. The average Bonchev–Trinajstić information content (AvgIpc) is 3.21. The molecule has 0 bridgehead atoms. The van der Waals surface area contributed by atoms with Crippen LogP contribution in [0.25, 0.3) is 11.5 Å². The van der Waals surface area contributed by atoms with Crippen LogP contribution in [0.4, 0.5) is 0 Å². The van der Waals surface area contributed by atoms with Crippen LogP contribution < -0.4 is 5.32 Å². The molecule has 0 saturated heterocycles. The molecule has 0 aliphatic rings. The molecule has 0 atom stereocenters. The molecule has 0 unspecified atom stereocenters. The highest BCUT2D eigenvalue weighted by Crippen LogP contribution is 2.20. The minimum Gasteiger partial charge on any atom is -0.348 e. The molecule has 0 spiro atoms. The fraction of sp³-hybridized carbons (Fsp3) is 0.130. The molecule has 1 N–H and O–H groups in total. The Morgan fingerprint density at radius 1 is 1.07 bits per heavy atom. The van der Waals surface area contributed by atoms with Crippen molar-refractivity contribution in [2.24, 2.45) is 0 Å². The van der Waals surface area contributed by atoms with Gasteiger partial charge in [0.25, 0.3) is 11.8 Å². The highest BCUT2D eigenvalue weighted by atomic mass is 35.5. The summed E-state index contributed by atoms with van der Waals surface area (Å²) in [6.45, 7) is 2.30. The molecule has 0 radical (unpaired) electrons. The summed E-state index contributed by atoms with van der Waals surface area (Å²) in [7, 11) is 0. The lowest BCUT2D eigenvalue weighted by Gasteiger charge is -2.06. The van der Waals surface area contributed by atoms with Crippen molar-refractivity contribution in [3.63, 3.8) is 0 Å². The Hall–Kier alpha value is -3.51. The first-order valence-electron chi connectivity index (χ1n) is 9.44. The number of aryl methyl sites for hydroxylation is 1. The van der Waals surface area contributed by atoms with E-state index in [-0.39, 0.29) is 5.91 Å². The molecule has 0 saturated carbocycles. The van der Waals surface area contributed by atoms with Crippen molar-refractivity contribution in [1.29, 1.82) is 0 Å². The van der Waals surface area contributed by atoms with E-state index in [9.17, 15) is 4.79 Å². The van der Waals surface area contributed by atoms with Crippen molar-refractivity contribution in [3.05, 3.63) is 100 Å². The molecule has 0 aliphatic carbocycles. The average molecular weight is 419 g/mol. The Morgan fingerprint density at radius 3 is 2.63 bits per heavy atom. The summed E-state index contributed by atoms with van der Waals surface area (Å²) in [6.07, 6.45) is 2.12. The van der Waals surface area contributed by atoms with Gasteiger partial charge in [-0.3, -0.25) is 9.78 Å². The molecule has 2 heterocycles. The van der Waals surface area contributed by atoms with Crippen molar-refractivity contribution < 1.29 is 9.32 Å². The van der Waals surface area contributed by atoms with Crippen molar-refractivity contribution in [2.75, 3.05) is 0 Å². The van der Waals surface area contributed by atoms with E-state index < -0.39 is 0 Å². The van der Waals surface area contributed by atoms with E-state index in [2.05, 4.69) is 20.4 Å². The highest BCUT2D eigenvalue weighted by molar-refractivity contribution is 6.30. The minimum atomic E-state index is -0.158. The number of hydrogen-bond donors (Lipinski definition) is 1. The topological polar surface area (TPSA) is 80.9 Å². The number of pyridine rings is 1. The Morgan fingerprint density at radius 2 is 1.90 bits per heavy atom. The first kappa shape index (κ1) is 19.8. The lowest BCUT2D eigenvalue weighted by atomic mass is 10.1. The molecule has 4 aromatic rings. The molecule has 2 aromatic carbocycles. The molecule has 30 heavy (non-hydrogen) atoms. The predicted octanol–water partition coefficient (Wildman–Crippen LogP) is 4.61. The van der Waals surface area contributed by atoms with Gasteiger partial charge in [0, 0.05) is 35.4 Å². The van der Waals surface area contributed by atoms with E-state index in [0.717, 1.165) is 22.4 Å². The van der Waals surface area contributed by atoms with E-state index in [1.54, 1.807) is 12.3 Å². The maximum absolute atomic E-state index is 12.2. The molecule has 0 aliphatic heterocycles. The third-order valence-electron chi connectivity index (χ3n) is 4.55. The normalized spacial score (nSPS) is 10.7. The van der Waals surface area contributed by atoms with Gasteiger partial charge in [-0.2, -0.15) is 4.98 Å². The van der Waals surface area contributed by atoms with Gasteiger partial charge >= 0.3 is 0 Å². The molecule has 4 rings (SSSR count). The molecule has 2 aromatic heterocycles. The molecular formula is C23H19ClN4O2. The lowest BCUT2D eigenvalue weighted by molar-refractivity contribution is 0.0950. The monoisotopic (exact) mass is 418 g/mol. The van der Waals surface area contributed by atoms with Crippen LogP contribution >= 0.6 is 11.6 Å². The van der Waals surface area contributed by atoms with Gasteiger partial charge in [-0.25, -0.2) is 0 Å². The summed E-state index contributed by atoms with van der Waals surface area (Å²) in [4.78, 5) is 20.8. The fourth-order valence-electron chi connectivity index (χ4n) is 2.92. The zero-order valence-electron chi connectivity index (χ0n) is 16.3. The van der Waals surface area contributed by atoms with Gasteiger partial charge in [-0.1, -0.05) is 41.0 Å². The lowest BCUT2D eigenvalue weighted by Crippen LogP contribution is -2.22. The predicted molar refractivity (Wildman–Crippen MR) is 114 cm³/mol. The molecule has 7 heteroatoms. The summed E-state index contributed by atoms with van der Waals surface area (Å²) >= 11 is 6.02. The zero-order valence-corrected chi connectivity index (χ0v) is 17.1. The van der Waals surface area contributed by atoms with E-state index in [1.165, 1.54) is 0 Å². The second-order valence-corrected chi connectivity index (χ2v) is 7.33. The van der Waals surface area contributed by atoms with Crippen molar-refractivity contribution in [2.45, 2.75) is 19.9 Å². The number of carbonyl (C=O) groups excluding carboxylic acids is 1. The SMILES string of the molecule is Cc1ccc(C(=O)NCc2ccc(-c3nc(Cc4cccc(Cl)c4)no3)cc2)cn1. The van der Waals surface area contributed by atoms with Crippen LogP contribution in [0.3, 0.4) is 0 Å². The number of carbonyl (C=O) groups is 1. The molecule has 1 amide bonds. The number of rotatable bonds is 6.